The largest absolute Gasteiger partial charge is 0.326 e. The van der Waals surface area contributed by atoms with Crippen molar-refractivity contribution in [3.8, 4) is 0 Å². The van der Waals surface area contributed by atoms with Crippen LogP contribution in [0.15, 0.2) is 70.9 Å². The number of carbonyl (C=O) groups is 1. The summed E-state index contributed by atoms with van der Waals surface area (Å²) in [7, 11) is -3.77. The van der Waals surface area contributed by atoms with Crippen LogP contribution in [0.3, 0.4) is 0 Å². The molecule has 2 aromatic carbocycles. The maximum absolute atomic E-state index is 12.5. The molecule has 0 aliphatic heterocycles. The Hall–Kier alpha value is -2.68. The fourth-order valence-corrected chi connectivity index (χ4v) is 4.06. The Morgan fingerprint density at radius 2 is 1.75 bits per heavy atom. The second-order valence-corrected chi connectivity index (χ2v) is 8.75. The molecule has 6 nitrogen and oxygen atoms in total. The molecule has 0 saturated heterocycles. The number of hydrogen-bond acceptors (Lipinski definition) is 4. The monoisotopic (exact) mass is 415 g/mol. The van der Waals surface area contributed by atoms with Crippen LogP contribution >= 0.6 is 11.3 Å². The van der Waals surface area contributed by atoms with Gasteiger partial charge in [-0.3, -0.25) is 0 Å². The second kappa shape index (κ2) is 8.55. The number of aryl methyl sites for hydroxylation is 1. The summed E-state index contributed by atoms with van der Waals surface area (Å²) in [6.07, 6.45) is 0.951. The molecule has 0 aliphatic carbocycles. The van der Waals surface area contributed by atoms with E-state index in [1.807, 2.05) is 29.6 Å². The van der Waals surface area contributed by atoms with Crippen LogP contribution in [0.25, 0.3) is 0 Å². The molecular formula is C20H21N3O3S2. The van der Waals surface area contributed by atoms with Gasteiger partial charge >= 0.3 is 6.03 Å². The lowest BCUT2D eigenvalue weighted by Crippen LogP contribution is -2.32. The Morgan fingerprint density at radius 3 is 2.29 bits per heavy atom. The van der Waals surface area contributed by atoms with Crippen LogP contribution < -0.4 is 15.8 Å². The number of nitrogens with one attached hydrogen (secondary N) is 2. The number of hydrogen-bond donors (Lipinski definition) is 3. The van der Waals surface area contributed by atoms with E-state index in [0.717, 1.165) is 16.9 Å². The minimum Gasteiger partial charge on any atom is -0.326 e. The summed E-state index contributed by atoms with van der Waals surface area (Å²) in [6, 6.07) is 17.1. The highest BCUT2D eigenvalue weighted by molar-refractivity contribution is 7.89. The number of benzene rings is 2. The molecule has 3 rings (SSSR count). The van der Waals surface area contributed by atoms with Gasteiger partial charge < -0.3 is 10.6 Å². The molecule has 28 heavy (non-hydrogen) atoms. The standard InChI is InChI=1S/C20H21N3O3S2/c1-2-14-5-7-15(8-6-14)19(18-4-3-13-27-18)23-20(24)22-16-9-11-17(12-10-16)28(21,25)26/h3-13,19H,2H2,1H3,(H2,21,25,26)(H2,22,23,24)/t19-/m1/s1. The van der Waals surface area contributed by atoms with Crippen molar-refractivity contribution in [2.75, 3.05) is 5.32 Å². The molecule has 2 amide bonds. The molecular weight excluding hydrogens is 394 g/mol. The van der Waals surface area contributed by atoms with Crippen molar-refractivity contribution in [3.05, 3.63) is 82.0 Å². The quantitative estimate of drug-likeness (QED) is 0.569. The van der Waals surface area contributed by atoms with Gasteiger partial charge in [0.2, 0.25) is 10.0 Å². The van der Waals surface area contributed by atoms with Crippen molar-refractivity contribution in [3.63, 3.8) is 0 Å². The van der Waals surface area contributed by atoms with Gasteiger partial charge in [-0.1, -0.05) is 37.3 Å². The predicted octanol–water partition coefficient (Wildman–Crippen LogP) is 3.87. The number of thiophene rings is 1. The van der Waals surface area contributed by atoms with E-state index in [1.165, 1.54) is 29.8 Å². The van der Waals surface area contributed by atoms with E-state index in [1.54, 1.807) is 11.3 Å². The van der Waals surface area contributed by atoms with Crippen LogP contribution in [0.4, 0.5) is 10.5 Å². The third kappa shape index (κ3) is 4.98. The molecule has 0 saturated carbocycles. The molecule has 0 radical (unpaired) electrons. The first-order valence-corrected chi connectivity index (χ1v) is 11.1. The average molecular weight is 416 g/mol. The maximum Gasteiger partial charge on any atom is 0.320 e. The number of carbonyl (C=O) groups excluding carboxylic acids is 1. The third-order valence-electron chi connectivity index (χ3n) is 4.27. The zero-order valence-corrected chi connectivity index (χ0v) is 16.9. The summed E-state index contributed by atoms with van der Waals surface area (Å²) < 4.78 is 22.7. The Bertz CT molecular complexity index is 1030. The molecule has 0 bridgehead atoms. The van der Waals surface area contributed by atoms with Crippen LogP contribution in [0.5, 0.6) is 0 Å². The summed E-state index contributed by atoms with van der Waals surface area (Å²) in [5, 5.41) is 12.8. The molecule has 0 aliphatic rings. The molecule has 3 aromatic rings. The number of primary sulfonamides is 1. The Balaban J connectivity index is 1.76. The third-order valence-corrected chi connectivity index (χ3v) is 6.13. The highest BCUT2D eigenvalue weighted by Gasteiger charge is 2.18. The number of amides is 2. The van der Waals surface area contributed by atoms with Crippen molar-refractivity contribution in [1.82, 2.24) is 5.32 Å². The van der Waals surface area contributed by atoms with E-state index < -0.39 is 10.0 Å². The van der Waals surface area contributed by atoms with Gasteiger partial charge in [0.05, 0.1) is 10.9 Å². The van der Waals surface area contributed by atoms with Gasteiger partial charge in [-0.15, -0.1) is 11.3 Å². The lowest BCUT2D eigenvalue weighted by atomic mass is 10.0. The van der Waals surface area contributed by atoms with E-state index in [0.29, 0.717) is 5.69 Å². The highest BCUT2D eigenvalue weighted by atomic mass is 32.2. The van der Waals surface area contributed by atoms with Gasteiger partial charge in [0.1, 0.15) is 0 Å². The van der Waals surface area contributed by atoms with Gasteiger partial charge in [0.25, 0.3) is 0 Å². The minimum atomic E-state index is -3.77. The fourth-order valence-electron chi connectivity index (χ4n) is 2.75. The zero-order valence-electron chi connectivity index (χ0n) is 15.3. The van der Waals surface area contributed by atoms with E-state index in [4.69, 9.17) is 5.14 Å². The van der Waals surface area contributed by atoms with E-state index in [2.05, 4.69) is 29.7 Å². The summed E-state index contributed by atoms with van der Waals surface area (Å²) in [4.78, 5) is 13.5. The molecule has 8 heteroatoms. The first kappa shape index (κ1) is 20.1. The Labute approximate surface area is 168 Å². The number of urea groups is 1. The Kier molecular flexibility index (Phi) is 6.13. The van der Waals surface area contributed by atoms with Crippen molar-refractivity contribution in [2.45, 2.75) is 24.3 Å². The van der Waals surface area contributed by atoms with E-state index >= 15 is 0 Å². The molecule has 1 atom stereocenters. The van der Waals surface area contributed by atoms with Gasteiger partial charge in [-0.25, -0.2) is 18.4 Å². The molecule has 0 spiro atoms. The first-order chi connectivity index (χ1) is 13.4. The van der Waals surface area contributed by atoms with E-state index in [-0.39, 0.29) is 17.0 Å². The Morgan fingerprint density at radius 1 is 1.07 bits per heavy atom. The molecule has 0 unspecified atom stereocenters. The van der Waals surface area contributed by atoms with Crippen molar-refractivity contribution < 1.29 is 13.2 Å². The summed E-state index contributed by atoms with van der Waals surface area (Å²) >= 11 is 1.57. The smallest absolute Gasteiger partial charge is 0.320 e. The number of nitrogens with two attached hydrogens (primary N) is 1. The van der Waals surface area contributed by atoms with Gasteiger partial charge in [-0.2, -0.15) is 0 Å². The first-order valence-electron chi connectivity index (χ1n) is 8.69. The topological polar surface area (TPSA) is 101 Å². The average Bonchev–Trinajstić information content (AvgIpc) is 3.20. The number of anilines is 1. The second-order valence-electron chi connectivity index (χ2n) is 6.21. The predicted molar refractivity (Wildman–Crippen MR) is 112 cm³/mol. The highest BCUT2D eigenvalue weighted by Crippen LogP contribution is 2.26. The lowest BCUT2D eigenvalue weighted by Gasteiger charge is -2.19. The molecule has 4 N–H and O–H groups in total. The van der Waals surface area contributed by atoms with Crippen molar-refractivity contribution in [2.24, 2.45) is 5.14 Å². The lowest BCUT2D eigenvalue weighted by molar-refractivity contribution is 0.250. The molecule has 0 fully saturated rings. The van der Waals surface area contributed by atoms with Crippen LogP contribution in [-0.2, 0) is 16.4 Å². The van der Waals surface area contributed by atoms with Gasteiger partial charge in [0.15, 0.2) is 0 Å². The van der Waals surface area contributed by atoms with Crippen LogP contribution in [0, 0.1) is 0 Å². The zero-order chi connectivity index (χ0) is 20.1. The van der Waals surface area contributed by atoms with Crippen LogP contribution in [0.2, 0.25) is 0 Å². The summed E-state index contributed by atoms with van der Waals surface area (Å²) in [6.45, 7) is 2.10. The van der Waals surface area contributed by atoms with Gasteiger partial charge in [-0.05, 0) is 53.3 Å². The summed E-state index contributed by atoms with van der Waals surface area (Å²) in [5.74, 6) is 0. The van der Waals surface area contributed by atoms with Crippen LogP contribution in [-0.4, -0.2) is 14.4 Å². The SMILES string of the molecule is CCc1ccc([C@@H](NC(=O)Nc2ccc(S(N)(=O)=O)cc2)c2cccs2)cc1. The normalized spacial score (nSPS) is 12.4. The maximum atomic E-state index is 12.5. The molecule has 1 heterocycles. The summed E-state index contributed by atoms with van der Waals surface area (Å²) in [5.41, 5.74) is 2.68. The number of rotatable bonds is 6. The molecule has 146 valence electrons. The van der Waals surface area contributed by atoms with E-state index in [9.17, 15) is 13.2 Å². The minimum absolute atomic E-state index is 0.00839. The fraction of sp³-hybridized carbons (Fsp3) is 0.150. The van der Waals surface area contributed by atoms with Crippen molar-refractivity contribution in [1.29, 1.82) is 0 Å². The van der Waals surface area contributed by atoms with Crippen molar-refractivity contribution >= 4 is 33.1 Å². The van der Waals surface area contributed by atoms with Crippen LogP contribution in [0.1, 0.15) is 29.0 Å². The molecule has 1 aromatic heterocycles. The van der Waals surface area contributed by atoms with Gasteiger partial charge in [0, 0.05) is 10.6 Å². The number of sulfonamides is 1.